The molecular formula is C25H30FN5O3. The second-order valence-corrected chi connectivity index (χ2v) is 8.54. The largest absolute Gasteiger partial charge is 0.367 e. The summed E-state index contributed by atoms with van der Waals surface area (Å²) in [5, 5.41) is 2.90. The van der Waals surface area contributed by atoms with Gasteiger partial charge in [0.1, 0.15) is 5.82 Å². The van der Waals surface area contributed by atoms with E-state index in [4.69, 9.17) is 0 Å². The van der Waals surface area contributed by atoms with Crippen LogP contribution >= 0.6 is 0 Å². The molecule has 4 rings (SSSR count). The van der Waals surface area contributed by atoms with Crippen molar-refractivity contribution in [3.05, 3.63) is 75.1 Å². The minimum absolute atomic E-state index is 0.123. The van der Waals surface area contributed by atoms with Crippen LogP contribution in [0.4, 0.5) is 10.1 Å². The Morgan fingerprint density at radius 2 is 1.59 bits per heavy atom. The van der Waals surface area contributed by atoms with Crippen LogP contribution in [0.1, 0.15) is 12.8 Å². The van der Waals surface area contributed by atoms with Gasteiger partial charge in [0.15, 0.2) is 0 Å². The molecular weight excluding hydrogens is 437 g/mol. The SMILES string of the molecule is Cn1c(=O)c(=O)n(CCC(=O)NCCCN2CCN(c3ccccc3F)CC2)c2ccccc21. The molecule has 1 saturated heterocycles. The zero-order valence-electron chi connectivity index (χ0n) is 19.4. The lowest BCUT2D eigenvalue weighted by atomic mass is 10.2. The molecule has 1 N–H and O–H groups in total. The average Bonchev–Trinajstić information content (AvgIpc) is 2.86. The van der Waals surface area contributed by atoms with Crippen molar-refractivity contribution in [2.45, 2.75) is 19.4 Å². The Kier molecular flexibility index (Phi) is 7.42. The van der Waals surface area contributed by atoms with Crippen molar-refractivity contribution in [1.29, 1.82) is 0 Å². The number of amides is 1. The third-order valence-electron chi connectivity index (χ3n) is 6.37. The molecule has 0 spiro atoms. The van der Waals surface area contributed by atoms with Gasteiger partial charge < -0.3 is 19.4 Å². The number of para-hydroxylation sites is 3. The van der Waals surface area contributed by atoms with Gasteiger partial charge in [0.25, 0.3) is 0 Å². The van der Waals surface area contributed by atoms with Crippen molar-refractivity contribution < 1.29 is 9.18 Å². The molecule has 1 fully saturated rings. The number of fused-ring (bicyclic) bond motifs is 1. The van der Waals surface area contributed by atoms with Crippen LogP contribution < -0.4 is 21.3 Å². The van der Waals surface area contributed by atoms with E-state index in [1.54, 1.807) is 31.3 Å². The smallest absolute Gasteiger partial charge is 0.316 e. The second-order valence-electron chi connectivity index (χ2n) is 8.54. The van der Waals surface area contributed by atoms with Crippen molar-refractivity contribution in [3.63, 3.8) is 0 Å². The number of anilines is 1. The third-order valence-corrected chi connectivity index (χ3v) is 6.37. The van der Waals surface area contributed by atoms with Gasteiger partial charge in [-0.15, -0.1) is 0 Å². The standard InChI is InChI=1S/C25H30FN5O3/c1-28-21-9-4-5-10-22(21)31(25(34)24(28)33)14-11-23(32)27-12-6-13-29-15-17-30(18-16-29)20-8-3-2-7-19(20)26/h2-5,7-10H,6,11-18H2,1H3,(H,27,32). The van der Waals surface area contributed by atoms with E-state index in [2.05, 4.69) is 15.1 Å². The fourth-order valence-corrected chi connectivity index (χ4v) is 4.43. The Labute approximate surface area is 197 Å². The summed E-state index contributed by atoms with van der Waals surface area (Å²) in [6.45, 7) is 4.78. The second kappa shape index (κ2) is 10.6. The van der Waals surface area contributed by atoms with Crippen LogP contribution in [0.25, 0.3) is 11.0 Å². The van der Waals surface area contributed by atoms with Crippen LogP contribution in [0.3, 0.4) is 0 Å². The summed E-state index contributed by atoms with van der Waals surface area (Å²) in [6, 6.07) is 14.0. The molecule has 2 aromatic carbocycles. The molecule has 3 aromatic rings. The van der Waals surface area contributed by atoms with E-state index in [-0.39, 0.29) is 24.7 Å². The monoisotopic (exact) mass is 467 g/mol. The number of halogens is 1. The molecule has 1 aliphatic heterocycles. The summed E-state index contributed by atoms with van der Waals surface area (Å²) < 4.78 is 16.7. The van der Waals surface area contributed by atoms with Gasteiger partial charge in [-0.3, -0.25) is 19.3 Å². The van der Waals surface area contributed by atoms with E-state index < -0.39 is 11.1 Å². The highest BCUT2D eigenvalue weighted by Crippen LogP contribution is 2.20. The number of rotatable bonds is 8. The molecule has 34 heavy (non-hydrogen) atoms. The minimum Gasteiger partial charge on any atom is -0.367 e. The summed E-state index contributed by atoms with van der Waals surface area (Å²) in [5.74, 6) is -0.342. The Balaban J connectivity index is 1.21. The van der Waals surface area contributed by atoms with Crippen molar-refractivity contribution >= 4 is 22.6 Å². The maximum absolute atomic E-state index is 14.0. The lowest BCUT2D eigenvalue weighted by molar-refractivity contribution is -0.121. The number of nitrogens with one attached hydrogen (secondary N) is 1. The number of hydrogen-bond acceptors (Lipinski definition) is 5. The maximum atomic E-state index is 14.0. The number of nitrogens with zero attached hydrogens (tertiary/aromatic N) is 4. The summed E-state index contributed by atoms with van der Waals surface area (Å²) in [4.78, 5) is 41.4. The number of carbonyl (C=O) groups excluding carboxylic acids is 1. The lowest BCUT2D eigenvalue weighted by Gasteiger charge is -2.36. The van der Waals surface area contributed by atoms with Crippen molar-refractivity contribution in [3.8, 4) is 0 Å². The first-order valence-electron chi connectivity index (χ1n) is 11.6. The highest BCUT2D eigenvalue weighted by molar-refractivity contribution is 5.77. The Hall–Kier alpha value is -3.46. The van der Waals surface area contributed by atoms with Crippen LogP contribution in [0.5, 0.6) is 0 Å². The number of aryl methyl sites for hydroxylation is 2. The molecule has 0 bridgehead atoms. The van der Waals surface area contributed by atoms with Gasteiger partial charge >= 0.3 is 11.1 Å². The number of aromatic nitrogens is 2. The Morgan fingerprint density at radius 1 is 0.912 bits per heavy atom. The van der Waals surface area contributed by atoms with Gasteiger partial charge in [-0.05, 0) is 37.2 Å². The molecule has 0 atom stereocenters. The molecule has 9 heteroatoms. The van der Waals surface area contributed by atoms with Gasteiger partial charge in [0, 0.05) is 52.7 Å². The third kappa shape index (κ3) is 5.20. The van der Waals surface area contributed by atoms with Crippen molar-refractivity contribution in [2.24, 2.45) is 7.05 Å². The van der Waals surface area contributed by atoms with Crippen LogP contribution in [-0.2, 0) is 18.4 Å². The first-order chi connectivity index (χ1) is 16.5. The van der Waals surface area contributed by atoms with Gasteiger partial charge in [0.05, 0.1) is 16.7 Å². The van der Waals surface area contributed by atoms with Gasteiger partial charge in [-0.2, -0.15) is 0 Å². The van der Waals surface area contributed by atoms with E-state index in [0.29, 0.717) is 23.3 Å². The Morgan fingerprint density at radius 3 is 2.32 bits per heavy atom. The summed E-state index contributed by atoms with van der Waals surface area (Å²) in [7, 11) is 1.57. The molecule has 1 aliphatic rings. The summed E-state index contributed by atoms with van der Waals surface area (Å²) in [6.07, 6.45) is 0.929. The van der Waals surface area contributed by atoms with E-state index in [0.717, 1.165) is 39.1 Å². The minimum atomic E-state index is -0.622. The molecule has 0 saturated carbocycles. The van der Waals surface area contributed by atoms with Crippen molar-refractivity contribution in [1.82, 2.24) is 19.4 Å². The fourth-order valence-electron chi connectivity index (χ4n) is 4.43. The highest BCUT2D eigenvalue weighted by Gasteiger charge is 2.19. The van der Waals surface area contributed by atoms with E-state index in [1.165, 1.54) is 15.2 Å². The van der Waals surface area contributed by atoms with E-state index in [1.807, 2.05) is 18.2 Å². The van der Waals surface area contributed by atoms with Gasteiger partial charge in [-0.25, -0.2) is 4.39 Å². The first kappa shape index (κ1) is 23.7. The molecule has 1 amide bonds. The highest BCUT2D eigenvalue weighted by atomic mass is 19.1. The molecule has 1 aromatic heterocycles. The molecule has 0 aliphatic carbocycles. The van der Waals surface area contributed by atoms with Gasteiger partial charge in [0.2, 0.25) is 5.91 Å². The van der Waals surface area contributed by atoms with Crippen LogP contribution in [0.2, 0.25) is 0 Å². The average molecular weight is 468 g/mol. The van der Waals surface area contributed by atoms with E-state index in [9.17, 15) is 18.8 Å². The van der Waals surface area contributed by atoms with Crippen LogP contribution in [0, 0.1) is 5.82 Å². The lowest BCUT2D eigenvalue weighted by Crippen LogP contribution is -2.47. The number of carbonyl (C=O) groups is 1. The van der Waals surface area contributed by atoms with Crippen LogP contribution in [0.15, 0.2) is 58.1 Å². The number of piperazine rings is 1. The molecule has 180 valence electrons. The van der Waals surface area contributed by atoms with Crippen molar-refractivity contribution in [2.75, 3.05) is 44.2 Å². The summed E-state index contributed by atoms with van der Waals surface area (Å²) >= 11 is 0. The zero-order valence-corrected chi connectivity index (χ0v) is 19.4. The zero-order chi connectivity index (χ0) is 24.1. The molecule has 0 unspecified atom stereocenters. The normalized spacial score (nSPS) is 14.5. The predicted octanol–water partition coefficient (Wildman–Crippen LogP) is 1.56. The summed E-state index contributed by atoms with van der Waals surface area (Å²) in [5.41, 5.74) is 0.717. The predicted molar refractivity (Wildman–Crippen MR) is 131 cm³/mol. The first-order valence-corrected chi connectivity index (χ1v) is 11.6. The number of benzene rings is 2. The molecule has 8 nitrogen and oxygen atoms in total. The molecule has 0 radical (unpaired) electrons. The fraction of sp³-hybridized carbons (Fsp3) is 0.400. The van der Waals surface area contributed by atoms with Crippen LogP contribution in [-0.4, -0.2) is 59.2 Å². The topological polar surface area (TPSA) is 79.6 Å². The quantitative estimate of drug-likeness (QED) is 0.402. The van der Waals surface area contributed by atoms with E-state index >= 15 is 0 Å². The number of hydrogen-bond donors (Lipinski definition) is 1. The van der Waals surface area contributed by atoms with Gasteiger partial charge in [-0.1, -0.05) is 24.3 Å². The Bertz CT molecular complexity index is 1280. The molecule has 2 heterocycles. The maximum Gasteiger partial charge on any atom is 0.316 e.